The van der Waals surface area contributed by atoms with Crippen molar-refractivity contribution in [3.8, 4) is 0 Å². The molecule has 0 bridgehead atoms. The first-order valence-corrected chi connectivity index (χ1v) is 12.4. The maximum absolute atomic E-state index is 13.0. The van der Waals surface area contributed by atoms with Gasteiger partial charge in [0, 0.05) is 50.3 Å². The Labute approximate surface area is 185 Å². The fourth-order valence-corrected chi connectivity index (χ4v) is 5.42. The van der Waals surface area contributed by atoms with Crippen molar-refractivity contribution in [1.29, 1.82) is 0 Å². The van der Waals surface area contributed by atoms with Crippen LogP contribution in [0.4, 0.5) is 11.4 Å². The Hall–Kier alpha value is -2.39. The lowest BCUT2D eigenvalue weighted by Crippen LogP contribution is -2.43. The van der Waals surface area contributed by atoms with Crippen molar-refractivity contribution in [2.45, 2.75) is 52.1 Å². The Balaban J connectivity index is 1.70. The number of anilines is 2. The third-order valence-electron chi connectivity index (χ3n) is 5.93. The zero-order valence-electron chi connectivity index (χ0n) is 18.8. The van der Waals surface area contributed by atoms with Crippen LogP contribution >= 0.6 is 0 Å². The Bertz CT molecular complexity index is 1010. The Kier molecular flexibility index (Phi) is 7.38. The van der Waals surface area contributed by atoms with Crippen LogP contribution in [0, 0.1) is 12.8 Å². The first-order valence-electron chi connectivity index (χ1n) is 11.0. The number of aromatic nitrogens is 2. The summed E-state index contributed by atoms with van der Waals surface area (Å²) in [6.45, 7) is 11.2. The fraction of sp³-hybridized carbons (Fsp3) is 0.545. The standard InChI is InChI=1S/C22H33N5O3S/c1-5-25-15-21(23-16-25)31(29,30)27-12-8-9-18(14-27)22(28)24-20-11-10-19(13-17(20)4)26(6-2)7-3/h10-11,13,15-16,18H,5-9,12,14H2,1-4H3,(H,24,28)/t18-/m1/s1. The van der Waals surface area contributed by atoms with Crippen LogP contribution in [0.2, 0.25) is 0 Å². The van der Waals surface area contributed by atoms with Crippen molar-refractivity contribution in [2.24, 2.45) is 5.92 Å². The SMILES string of the molecule is CCN(CC)c1ccc(NC(=O)[C@@H]2CCCN(S(=O)(=O)c3cn(CC)cn3)C2)c(C)c1. The van der Waals surface area contributed by atoms with E-state index in [1.54, 1.807) is 10.8 Å². The van der Waals surface area contributed by atoms with Gasteiger partial charge in [0.2, 0.25) is 5.91 Å². The quantitative estimate of drug-likeness (QED) is 0.672. The number of rotatable bonds is 8. The molecule has 1 N–H and O–H groups in total. The Morgan fingerprint density at radius 1 is 1.26 bits per heavy atom. The van der Waals surface area contributed by atoms with Gasteiger partial charge in [-0.05, 0) is 64.3 Å². The van der Waals surface area contributed by atoms with Crippen molar-refractivity contribution >= 4 is 27.3 Å². The summed E-state index contributed by atoms with van der Waals surface area (Å²) in [5, 5.41) is 3.05. The molecule has 0 radical (unpaired) electrons. The van der Waals surface area contributed by atoms with Crippen LogP contribution in [0.3, 0.4) is 0 Å². The zero-order valence-corrected chi connectivity index (χ0v) is 19.7. The normalized spacial score (nSPS) is 17.5. The summed E-state index contributed by atoms with van der Waals surface area (Å²) in [7, 11) is -3.70. The molecule has 0 saturated carbocycles. The van der Waals surface area contributed by atoms with E-state index < -0.39 is 15.9 Å². The second kappa shape index (κ2) is 9.82. The molecule has 3 rings (SSSR count). The van der Waals surface area contributed by atoms with Crippen molar-refractivity contribution in [3.05, 3.63) is 36.3 Å². The molecule has 0 unspecified atom stereocenters. The van der Waals surface area contributed by atoms with Crippen molar-refractivity contribution in [1.82, 2.24) is 13.9 Å². The molecule has 1 fully saturated rings. The molecule has 2 aromatic rings. The molecule has 2 heterocycles. The smallest absolute Gasteiger partial charge is 0.262 e. The number of amides is 1. The minimum atomic E-state index is -3.70. The Morgan fingerprint density at radius 3 is 2.61 bits per heavy atom. The van der Waals surface area contributed by atoms with Crippen molar-refractivity contribution in [3.63, 3.8) is 0 Å². The average Bonchev–Trinajstić information content (AvgIpc) is 3.27. The predicted molar refractivity (Wildman–Crippen MR) is 123 cm³/mol. The van der Waals surface area contributed by atoms with Crippen LogP contribution in [0.5, 0.6) is 0 Å². The number of imidazole rings is 1. The molecule has 1 saturated heterocycles. The third kappa shape index (κ3) is 5.10. The number of aryl methyl sites for hydroxylation is 2. The van der Waals surface area contributed by atoms with Crippen LogP contribution in [-0.4, -0.2) is 54.4 Å². The lowest BCUT2D eigenvalue weighted by atomic mass is 9.98. The molecular weight excluding hydrogens is 414 g/mol. The summed E-state index contributed by atoms with van der Waals surface area (Å²) in [6, 6.07) is 6.01. The molecule has 170 valence electrons. The van der Waals surface area contributed by atoms with Gasteiger partial charge in [-0.15, -0.1) is 0 Å². The highest BCUT2D eigenvalue weighted by Crippen LogP contribution is 2.26. The number of carbonyl (C=O) groups excluding carboxylic acids is 1. The van der Waals surface area contributed by atoms with E-state index in [1.165, 1.54) is 10.6 Å². The lowest BCUT2D eigenvalue weighted by Gasteiger charge is -2.30. The summed E-state index contributed by atoms with van der Waals surface area (Å²) in [5.41, 5.74) is 2.88. The Morgan fingerprint density at radius 2 is 2.00 bits per heavy atom. The van der Waals surface area contributed by atoms with E-state index in [2.05, 4.69) is 35.1 Å². The fourth-order valence-electron chi connectivity index (χ4n) is 3.96. The van der Waals surface area contributed by atoms with E-state index in [4.69, 9.17) is 0 Å². The van der Waals surface area contributed by atoms with Gasteiger partial charge in [-0.25, -0.2) is 13.4 Å². The van der Waals surface area contributed by atoms with Gasteiger partial charge < -0.3 is 14.8 Å². The molecule has 1 amide bonds. The number of benzene rings is 1. The van der Waals surface area contributed by atoms with Gasteiger partial charge in [-0.1, -0.05) is 0 Å². The summed E-state index contributed by atoms with van der Waals surface area (Å²) in [6.07, 6.45) is 4.37. The second-order valence-electron chi connectivity index (χ2n) is 7.91. The number of carbonyl (C=O) groups is 1. The maximum Gasteiger partial charge on any atom is 0.262 e. The highest BCUT2D eigenvalue weighted by Gasteiger charge is 2.34. The van der Waals surface area contributed by atoms with Crippen molar-refractivity contribution in [2.75, 3.05) is 36.4 Å². The number of sulfonamides is 1. The topological polar surface area (TPSA) is 87.5 Å². The highest BCUT2D eigenvalue weighted by molar-refractivity contribution is 7.89. The first kappa shape index (κ1) is 23.3. The number of piperidine rings is 1. The van der Waals surface area contributed by atoms with Crippen LogP contribution in [0.25, 0.3) is 0 Å². The molecule has 1 aliphatic rings. The lowest BCUT2D eigenvalue weighted by molar-refractivity contribution is -0.120. The van der Waals surface area contributed by atoms with Gasteiger partial charge in [-0.3, -0.25) is 4.79 Å². The van der Waals surface area contributed by atoms with Crippen LogP contribution in [0.15, 0.2) is 35.7 Å². The van der Waals surface area contributed by atoms with Crippen LogP contribution in [-0.2, 0) is 21.4 Å². The monoisotopic (exact) mass is 447 g/mol. The number of hydrogen-bond donors (Lipinski definition) is 1. The van der Waals surface area contributed by atoms with Crippen LogP contribution in [0.1, 0.15) is 39.2 Å². The predicted octanol–water partition coefficient (Wildman–Crippen LogP) is 3.10. The van der Waals surface area contributed by atoms with E-state index in [-0.39, 0.29) is 17.5 Å². The van der Waals surface area contributed by atoms with Gasteiger partial charge in [0.05, 0.1) is 12.2 Å². The molecule has 1 aromatic heterocycles. The summed E-state index contributed by atoms with van der Waals surface area (Å²) < 4.78 is 29.1. The molecule has 1 aliphatic heterocycles. The number of nitrogens with zero attached hydrogens (tertiary/aromatic N) is 4. The largest absolute Gasteiger partial charge is 0.372 e. The molecule has 1 aromatic carbocycles. The molecule has 8 nitrogen and oxygen atoms in total. The van der Waals surface area contributed by atoms with E-state index in [0.29, 0.717) is 25.9 Å². The first-order chi connectivity index (χ1) is 14.8. The number of hydrogen-bond acceptors (Lipinski definition) is 5. The van der Waals surface area contributed by atoms with E-state index >= 15 is 0 Å². The summed E-state index contributed by atoms with van der Waals surface area (Å²) in [4.78, 5) is 19.2. The van der Waals surface area contributed by atoms with Gasteiger partial charge >= 0.3 is 0 Å². The minimum Gasteiger partial charge on any atom is -0.372 e. The summed E-state index contributed by atoms with van der Waals surface area (Å²) in [5.74, 6) is -0.531. The van der Waals surface area contributed by atoms with Gasteiger partial charge in [0.15, 0.2) is 5.03 Å². The second-order valence-corrected chi connectivity index (χ2v) is 9.79. The molecule has 0 spiro atoms. The van der Waals surface area contributed by atoms with Crippen molar-refractivity contribution < 1.29 is 13.2 Å². The zero-order chi connectivity index (χ0) is 22.6. The highest BCUT2D eigenvalue weighted by atomic mass is 32.2. The van der Waals surface area contributed by atoms with Gasteiger partial charge in [0.25, 0.3) is 10.0 Å². The molecule has 0 aliphatic carbocycles. The molecular formula is C22H33N5O3S. The third-order valence-corrected chi connectivity index (χ3v) is 7.68. The van der Waals surface area contributed by atoms with E-state index in [9.17, 15) is 13.2 Å². The summed E-state index contributed by atoms with van der Waals surface area (Å²) >= 11 is 0. The van der Waals surface area contributed by atoms with E-state index in [1.807, 2.05) is 26.0 Å². The van der Waals surface area contributed by atoms with Gasteiger partial charge in [0.1, 0.15) is 0 Å². The minimum absolute atomic E-state index is 0.0400. The number of nitrogens with one attached hydrogen (secondary N) is 1. The van der Waals surface area contributed by atoms with E-state index in [0.717, 1.165) is 30.0 Å². The molecule has 31 heavy (non-hydrogen) atoms. The molecule has 1 atom stereocenters. The van der Waals surface area contributed by atoms with Gasteiger partial charge in [-0.2, -0.15) is 4.31 Å². The molecule has 9 heteroatoms. The van der Waals surface area contributed by atoms with Crippen LogP contribution < -0.4 is 10.2 Å². The average molecular weight is 448 g/mol. The maximum atomic E-state index is 13.0.